The number of hydrogen-bond acceptors (Lipinski definition) is 3. The average Bonchev–Trinajstić information content (AvgIpc) is 2.12. The van der Waals surface area contributed by atoms with Crippen LogP contribution in [0.15, 0.2) is 0 Å². The maximum absolute atomic E-state index is 11.3. The van der Waals surface area contributed by atoms with E-state index in [9.17, 15) is 8.42 Å². The lowest BCUT2D eigenvalue weighted by atomic mass is 9.80. The summed E-state index contributed by atoms with van der Waals surface area (Å²) in [5, 5.41) is 0. The highest BCUT2D eigenvalue weighted by molar-refractivity contribution is 7.88. The van der Waals surface area contributed by atoms with E-state index in [1.54, 1.807) is 4.31 Å². The molecule has 0 N–H and O–H groups in total. The molecular formula is C10H20N2O2S. The Hall–Kier alpha value is -0.130. The zero-order chi connectivity index (χ0) is 11.1. The van der Waals surface area contributed by atoms with Gasteiger partial charge >= 0.3 is 0 Å². The second kappa shape index (κ2) is 4.03. The van der Waals surface area contributed by atoms with E-state index in [-0.39, 0.29) is 0 Å². The van der Waals surface area contributed by atoms with Crippen molar-refractivity contribution in [3.63, 3.8) is 0 Å². The van der Waals surface area contributed by atoms with Gasteiger partial charge in [0, 0.05) is 32.2 Å². The largest absolute Gasteiger partial charge is 0.298 e. The molecule has 0 aromatic carbocycles. The Kier molecular flexibility index (Phi) is 3.05. The standard InChI is InChI=1S/C10H20N2O2S/c1-9-7-10(8-9)11-3-5-12(6-4-11)15(2,13)14/h9-10H,3-8H2,1-2H3. The zero-order valence-corrected chi connectivity index (χ0v) is 10.3. The molecule has 2 fully saturated rings. The summed E-state index contributed by atoms with van der Waals surface area (Å²) in [5.41, 5.74) is 0. The van der Waals surface area contributed by atoms with Crippen molar-refractivity contribution in [1.82, 2.24) is 9.21 Å². The van der Waals surface area contributed by atoms with Gasteiger partial charge in [0.2, 0.25) is 10.0 Å². The average molecular weight is 232 g/mol. The van der Waals surface area contributed by atoms with Gasteiger partial charge in [0.15, 0.2) is 0 Å². The maximum atomic E-state index is 11.3. The van der Waals surface area contributed by atoms with Crippen LogP contribution in [0.4, 0.5) is 0 Å². The monoisotopic (exact) mass is 232 g/mol. The first kappa shape index (κ1) is 11.4. The van der Waals surface area contributed by atoms with Gasteiger partial charge in [-0.1, -0.05) is 6.92 Å². The quantitative estimate of drug-likeness (QED) is 0.690. The maximum Gasteiger partial charge on any atom is 0.211 e. The number of rotatable bonds is 2. The normalized spacial score (nSPS) is 35.1. The van der Waals surface area contributed by atoms with Crippen molar-refractivity contribution in [2.45, 2.75) is 25.8 Å². The first-order valence-electron chi connectivity index (χ1n) is 5.66. The SMILES string of the molecule is CC1CC(N2CCN(S(C)(=O)=O)CC2)C1. The van der Waals surface area contributed by atoms with Gasteiger partial charge in [0.1, 0.15) is 0 Å². The molecule has 2 rings (SSSR count). The van der Waals surface area contributed by atoms with Crippen LogP contribution in [-0.2, 0) is 10.0 Å². The van der Waals surface area contributed by atoms with E-state index in [1.165, 1.54) is 19.1 Å². The molecule has 15 heavy (non-hydrogen) atoms. The molecule has 0 radical (unpaired) electrons. The molecule has 1 saturated carbocycles. The lowest BCUT2D eigenvalue weighted by molar-refractivity contribution is 0.0583. The fourth-order valence-corrected chi connectivity index (χ4v) is 3.38. The molecule has 1 saturated heterocycles. The predicted molar refractivity (Wildman–Crippen MR) is 60.2 cm³/mol. The minimum atomic E-state index is -2.97. The summed E-state index contributed by atoms with van der Waals surface area (Å²) >= 11 is 0. The smallest absolute Gasteiger partial charge is 0.211 e. The molecule has 5 heteroatoms. The molecule has 2 aliphatic rings. The van der Waals surface area contributed by atoms with Crippen LogP contribution in [0.5, 0.6) is 0 Å². The summed E-state index contributed by atoms with van der Waals surface area (Å²) in [7, 11) is -2.97. The van der Waals surface area contributed by atoms with E-state index in [4.69, 9.17) is 0 Å². The van der Waals surface area contributed by atoms with Crippen molar-refractivity contribution in [3.05, 3.63) is 0 Å². The fourth-order valence-electron chi connectivity index (χ4n) is 2.56. The van der Waals surface area contributed by atoms with E-state index < -0.39 is 10.0 Å². The van der Waals surface area contributed by atoms with Gasteiger partial charge in [-0.2, -0.15) is 4.31 Å². The summed E-state index contributed by atoms with van der Waals surface area (Å²) in [6.45, 7) is 5.44. The molecule has 4 nitrogen and oxygen atoms in total. The molecule has 0 bridgehead atoms. The molecule has 0 atom stereocenters. The Balaban J connectivity index is 1.82. The lowest BCUT2D eigenvalue weighted by Gasteiger charge is -2.45. The lowest BCUT2D eigenvalue weighted by Crippen LogP contribution is -2.54. The third-order valence-corrected chi connectivity index (χ3v) is 4.91. The van der Waals surface area contributed by atoms with E-state index in [0.29, 0.717) is 13.1 Å². The second-order valence-corrected chi connectivity index (χ2v) is 6.91. The van der Waals surface area contributed by atoms with Crippen molar-refractivity contribution in [3.8, 4) is 0 Å². The predicted octanol–water partition coefficient (Wildman–Crippen LogP) is 0.362. The van der Waals surface area contributed by atoms with Crippen LogP contribution < -0.4 is 0 Å². The Morgan fingerprint density at radius 1 is 1.07 bits per heavy atom. The first-order valence-corrected chi connectivity index (χ1v) is 7.51. The second-order valence-electron chi connectivity index (χ2n) is 4.93. The summed E-state index contributed by atoms with van der Waals surface area (Å²) in [4.78, 5) is 2.45. The van der Waals surface area contributed by atoms with Crippen LogP contribution in [0.1, 0.15) is 19.8 Å². The van der Waals surface area contributed by atoms with Gasteiger partial charge in [0.05, 0.1) is 6.26 Å². The minimum absolute atomic E-state index is 0.670. The van der Waals surface area contributed by atoms with E-state index in [1.807, 2.05) is 0 Å². The van der Waals surface area contributed by atoms with Gasteiger partial charge in [0.25, 0.3) is 0 Å². The summed E-state index contributed by atoms with van der Waals surface area (Å²) in [6.07, 6.45) is 3.88. The summed E-state index contributed by atoms with van der Waals surface area (Å²) in [6, 6.07) is 0.724. The fraction of sp³-hybridized carbons (Fsp3) is 1.00. The van der Waals surface area contributed by atoms with Crippen LogP contribution in [0.2, 0.25) is 0 Å². The van der Waals surface area contributed by atoms with Crippen molar-refractivity contribution in [2.24, 2.45) is 5.92 Å². The third-order valence-electron chi connectivity index (χ3n) is 3.61. The van der Waals surface area contributed by atoms with Crippen molar-refractivity contribution >= 4 is 10.0 Å². The number of hydrogen-bond donors (Lipinski definition) is 0. The van der Waals surface area contributed by atoms with Gasteiger partial charge < -0.3 is 0 Å². The topological polar surface area (TPSA) is 40.6 Å². The Bertz CT molecular complexity index is 314. The molecule has 0 spiro atoms. The van der Waals surface area contributed by atoms with Crippen LogP contribution in [0, 0.1) is 5.92 Å². The Morgan fingerprint density at radius 3 is 2.00 bits per heavy atom. The van der Waals surface area contributed by atoms with Crippen LogP contribution in [0.25, 0.3) is 0 Å². The highest BCUT2D eigenvalue weighted by atomic mass is 32.2. The molecule has 1 heterocycles. The zero-order valence-electron chi connectivity index (χ0n) is 9.52. The van der Waals surface area contributed by atoms with Gasteiger partial charge in [-0.3, -0.25) is 4.90 Å². The Labute approximate surface area is 92.3 Å². The van der Waals surface area contributed by atoms with Crippen molar-refractivity contribution < 1.29 is 8.42 Å². The molecule has 88 valence electrons. The number of nitrogens with zero attached hydrogens (tertiary/aromatic N) is 2. The Morgan fingerprint density at radius 2 is 1.60 bits per heavy atom. The molecule has 0 aromatic rings. The molecular weight excluding hydrogens is 212 g/mol. The van der Waals surface area contributed by atoms with E-state index >= 15 is 0 Å². The van der Waals surface area contributed by atoms with Gasteiger partial charge in [-0.05, 0) is 18.8 Å². The van der Waals surface area contributed by atoms with Crippen LogP contribution in [-0.4, -0.2) is 56.1 Å². The van der Waals surface area contributed by atoms with Crippen molar-refractivity contribution in [2.75, 3.05) is 32.4 Å². The van der Waals surface area contributed by atoms with Gasteiger partial charge in [-0.15, -0.1) is 0 Å². The molecule has 0 amide bonds. The first-order chi connectivity index (χ1) is 6.97. The highest BCUT2D eigenvalue weighted by Gasteiger charge is 2.33. The van der Waals surface area contributed by atoms with E-state index in [0.717, 1.165) is 25.0 Å². The van der Waals surface area contributed by atoms with E-state index in [2.05, 4.69) is 11.8 Å². The molecule has 0 unspecified atom stereocenters. The molecule has 1 aliphatic heterocycles. The summed E-state index contributed by atoms with van der Waals surface area (Å²) in [5.74, 6) is 0.864. The number of piperazine rings is 1. The van der Waals surface area contributed by atoms with Gasteiger partial charge in [-0.25, -0.2) is 8.42 Å². The third kappa shape index (κ3) is 2.52. The summed E-state index contributed by atoms with van der Waals surface area (Å²) < 4.78 is 24.2. The van der Waals surface area contributed by atoms with Crippen LogP contribution in [0.3, 0.4) is 0 Å². The number of sulfonamides is 1. The van der Waals surface area contributed by atoms with Crippen molar-refractivity contribution in [1.29, 1.82) is 0 Å². The highest BCUT2D eigenvalue weighted by Crippen LogP contribution is 2.31. The van der Waals surface area contributed by atoms with Crippen LogP contribution >= 0.6 is 0 Å². The minimum Gasteiger partial charge on any atom is -0.298 e. The molecule has 0 aromatic heterocycles. The molecule has 1 aliphatic carbocycles.